The standard InChI is InChI=1S/C17H22O2/c1-11-6-7-13(8-11)14-5-3-4-12-9-16(18)17(19-2)10-15(12)14/h9-10,13-14,18H,1,3-8H2,2H3. The first-order valence-corrected chi connectivity index (χ1v) is 7.25. The van der Waals surface area contributed by atoms with Crippen molar-refractivity contribution < 1.29 is 9.84 Å². The second-order valence-corrected chi connectivity index (χ2v) is 5.97. The summed E-state index contributed by atoms with van der Waals surface area (Å²) in [5.41, 5.74) is 4.12. The van der Waals surface area contributed by atoms with Crippen LogP contribution < -0.4 is 4.74 Å². The van der Waals surface area contributed by atoms with Gasteiger partial charge in [-0.25, -0.2) is 0 Å². The first-order valence-electron chi connectivity index (χ1n) is 7.25. The van der Waals surface area contributed by atoms with Crippen molar-refractivity contribution >= 4 is 0 Å². The van der Waals surface area contributed by atoms with E-state index in [0.29, 0.717) is 11.7 Å². The van der Waals surface area contributed by atoms with Crippen LogP contribution in [0, 0.1) is 5.92 Å². The number of hydrogen-bond acceptors (Lipinski definition) is 2. The number of methoxy groups -OCH3 is 1. The summed E-state index contributed by atoms with van der Waals surface area (Å²) in [6.45, 7) is 4.14. The second kappa shape index (κ2) is 4.92. The van der Waals surface area contributed by atoms with Crippen LogP contribution in [0.4, 0.5) is 0 Å². The summed E-state index contributed by atoms with van der Waals surface area (Å²) < 4.78 is 5.28. The number of phenolic OH excluding ortho intramolecular Hbond substituents is 1. The highest BCUT2D eigenvalue weighted by molar-refractivity contribution is 5.49. The van der Waals surface area contributed by atoms with Crippen molar-refractivity contribution in [2.75, 3.05) is 7.11 Å². The van der Waals surface area contributed by atoms with Gasteiger partial charge in [0.25, 0.3) is 0 Å². The van der Waals surface area contributed by atoms with Gasteiger partial charge in [0, 0.05) is 0 Å². The molecule has 0 aromatic heterocycles. The van der Waals surface area contributed by atoms with Gasteiger partial charge in [-0.2, -0.15) is 0 Å². The van der Waals surface area contributed by atoms with Gasteiger partial charge in [-0.3, -0.25) is 0 Å². The van der Waals surface area contributed by atoms with Crippen LogP contribution in [0.5, 0.6) is 11.5 Å². The average molecular weight is 258 g/mol. The zero-order chi connectivity index (χ0) is 13.4. The Morgan fingerprint density at radius 1 is 1.26 bits per heavy atom. The Labute approximate surface area is 115 Å². The lowest BCUT2D eigenvalue weighted by molar-refractivity contribution is 0.362. The Balaban J connectivity index is 1.96. The molecular weight excluding hydrogens is 236 g/mol. The Hall–Kier alpha value is -1.44. The van der Waals surface area contributed by atoms with Gasteiger partial charge in [-0.1, -0.05) is 12.2 Å². The lowest BCUT2D eigenvalue weighted by atomic mass is 9.75. The van der Waals surface area contributed by atoms with Gasteiger partial charge in [-0.05, 0) is 73.6 Å². The van der Waals surface area contributed by atoms with Gasteiger partial charge >= 0.3 is 0 Å². The molecule has 2 nitrogen and oxygen atoms in total. The topological polar surface area (TPSA) is 29.5 Å². The first-order chi connectivity index (χ1) is 9.19. The minimum Gasteiger partial charge on any atom is -0.504 e. The number of aryl methyl sites for hydroxylation is 1. The molecule has 0 aliphatic heterocycles. The summed E-state index contributed by atoms with van der Waals surface area (Å²) in [7, 11) is 1.62. The maximum atomic E-state index is 9.92. The van der Waals surface area contributed by atoms with Crippen molar-refractivity contribution in [1.29, 1.82) is 0 Å². The van der Waals surface area contributed by atoms with Crippen LogP contribution in [0.1, 0.15) is 49.1 Å². The van der Waals surface area contributed by atoms with E-state index >= 15 is 0 Å². The molecular formula is C17H22O2. The van der Waals surface area contributed by atoms with Gasteiger partial charge < -0.3 is 9.84 Å². The monoisotopic (exact) mass is 258 g/mol. The van der Waals surface area contributed by atoms with Crippen LogP contribution in [0.3, 0.4) is 0 Å². The van der Waals surface area contributed by atoms with E-state index in [1.807, 2.05) is 6.07 Å². The number of allylic oxidation sites excluding steroid dienone is 1. The van der Waals surface area contributed by atoms with Crippen molar-refractivity contribution in [3.05, 3.63) is 35.4 Å². The second-order valence-electron chi connectivity index (χ2n) is 5.97. The fourth-order valence-corrected chi connectivity index (χ4v) is 3.82. The normalized spacial score (nSPS) is 26.3. The minimum atomic E-state index is 0.276. The zero-order valence-electron chi connectivity index (χ0n) is 11.6. The number of fused-ring (bicyclic) bond motifs is 1. The third kappa shape index (κ3) is 2.24. The average Bonchev–Trinajstić information content (AvgIpc) is 2.83. The highest BCUT2D eigenvalue weighted by Crippen LogP contribution is 2.47. The molecule has 0 saturated heterocycles. The fourth-order valence-electron chi connectivity index (χ4n) is 3.82. The Bertz CT molecular complexity index is 504. The van der Waals surface area contributed by atoms with Gasteiger partial charge in [0.05, 0.1) is 7.11 Å². The molecule has 1 saturated carbocycles. The molecule has 2 heteroatoms. The predicted molar refractivity (Wildman–Crippen MR) is 76.8 cm³/mol. The molecule has 2 aliphatic carbocycles. The largest absolute Gasteiger partial charge is 0.504 e. The molecule has 0 amide bonds. The Morgan fingerprint density at radius 3 is 2.79 bits per heavy atom. The third-order valence-corrected chi connectivity index (χ3v) is 4.79. The number of rotatable bonds is 2. The lowest BCUT2D eigenvalue weighted by Gasteiger charge is -2.30. The van der Waals surface area contributed by atoms with Crippen molar-refractivity contribution in [3.8, 4) is 11.5 Å². The van der Waals surface area contributed by atoms with Gasteiger partial charge in [0.15, 0.2) is 11.5 Å². The van der Waals surface area contributed by atoms with Crippen molar-refractivity contribution in [2.24, 2.45) is 5.92 Å². The summed E-state index contributed by atoms with van der Waals surface area (Å²) >= 11 is 0. The Morgan fingerprint density at radius 2 is 2.11 bits per heavy atom. The highest BCUT2D eigenvalue weighted by Gasteiger charge is 2.31. The van der Waals surface area contributed by atoms with Crippen LogP contribution >= 0.6 is 0 Å². The lowest BCUT2D eigenvalue weighted by Crippen LogP contribution is -2.16. The third-order valence-electron chi connectivity index (χ3n) is 4.79. The van der Waals surface area contributed by atoms with E-state index in [1.165, 1.54) is 48.8 Å². The van der Waals surface area contributed by atoms with Crippen LogP contribution in [-0.2, 0) is 6.42 Å². The minimum absolute atomic E-state index is 0.276. The molecule has 1 aromatic rings. The maximum Gasteiger partial charge on any atom is 0.160 e. The van der Waals surface area contributed by atoms with Crippen LogP contribution in [0.15, 0.2) is 24.3 Å². The predicted octanol–water partition coefficient (Wildman–Crippen LogP) is 4.18. The molecule has 2 aliphatic rings. The van der Waals surface area contributed by atoms with Crippen molar-refractivity contribution in [2.45, 2.75) is 44.4 Å². The molecule has 1 N–H and O–H groups in total. The summed E-state index contributed by atoms with van der Waals surface area (Å²) in [5, 5.41) is 9.92. The van der Waals surface area contributed by atoms with Crippen LogP contribution in [0.25, 0.3) is 0 Å². The van der Waals surface area contributed by atoms with E-state index in [1.54, 1.807) is 7.11 Å². The summed E-state index contributed by atoms with van der Waals surface area (Å²) in [4.78, 5) is 0. The van der Waals surface area contributed by atoms with E-state index in [9.17, 15) is 5.11 Å². The molecule has 1 fully saturated rings. The van der Waals surface area contributed by atoms with Gasteiger partial charge in [0.1, 0.15) is 0 Å². The smallest absolute Gasteiger partial charge is 0.160 e. The number of hydrogen-bond donors (Lipinski definition) is 1. The molecule has 2 unspecified atom stereocenters. The summed E-state index contributed by atoms with van der Waals surface area (Å²) in [5.74, 6) is 2.25. The number of aromatic hydroxyl groups is 1. The molecule has 1 aromatic carbocycles. The maximum absolute atomic E-state index is 9.92. The highest BCUT2D eigenvalue weighted by atomic mass is 16.5. The molecule has 19 heavy (non-hydrogen) atoms. The summed E-state index contributed by atoms with van der Waals surface area (Å²) in [6.07, 6.45) is 7.20. The fraction of sp³-hybridized carbons (Fsp3) is 0.529. The number of benzene rings is 1. The molecule has 3 rings (SSSR count). The van der Waals surface area contributed by atoms with E-state index in [0.717, 1.165) is 12.3 Å². The Kier molecular flexibility index (Phi) is 3.26. The van der Waals surface area contributed by atoms with E-state index < -0.39 is 0 Å². The first kappa shape index (κ1) is 12.6. The molecule has 0 bridgehead atoms. The molecule has 0 spiro atoms. The van der Waals surface area contributed by atoms with Crippen LogP contribution in [-0.4, -0.2) is 12.2 Å². The van der Waals surface area contributed by atoms with E-state index in [-0.39, 0.29) is 5.75 Å². The molecule has 2 atom stereocenters. The van der Waals surface area contributed by atoms with E-state index in [4.69, 9.17) is 4.74 Å². The summed E-state index contributed by atoms with van der Waals surface area (Å²) in [6, 6.07) is 3.97. The SMILES string of the molecule is C=C1CCC(C2CCCc3cc(O)c(OC)cc32)C1. The van der Waals surface area contributed by atoms with E-state index in [2.05, 4.69) is 12.6 Å². The number of ether oxygens (including phenoxy) is 1. The van der Waals surface area contributed by atoms with Gasteiger partial charge in [0.2, 0.25) is 0 Å². The molecule has 0 heterocycles. The van der Waals surface area contributed by atoms with Gasteiger partial charge in [-0.15, -0.1) is 0 Å². The number of phenols is 1. The molecule has 0 radical (unpaired) electrons. The van der Waals surface area contributed by atoms with Crippen LogP contribution in [0.2, 0.25) is 0 Å². The van der Waals surface area contributed by atoms with Crippen molar-refractivity contribution in [1.82, 2.24) is 0 Å². The quantitative estimate of drug-likeness (QED) is 0.806. The van der Waals surface area contributed by atoms with Crippen molar-refractivity contribution in [3.63, 3.8) is 0 Å². The zero-order valence-corrected chi connectivity index (χ0v) is 11.6. The molecule has 102 valence electrons.